The number of nitrogens with two attached hydrogens (primary N) is 1. The first-order valence-corrected chi connectivity index (χ1v) is 7.76. The SMILES string of the molecule is Cl.Nc1ccc(CC(=O)N(Cc2cccs2)C2CC2)cc1. The molecule has 1 aromatic carbocycles. The van der Waals surface area contributed by atoms with Crippen molar-refractivity contribution in [2.24, 2.45) is 0 Å². The number of amides is 1. The molecule has 2 N–H and O–H groups in total. The number of carbonyl (C=O) groups excluding carboxylic acids is 1. The second-order valence-corrected chi connectivity index (χ2v) is 6.28. The van der Waals surface area contributed by atoms with Crippen LogP contribution in [-0.2, 0) is 17.8 Å². The van der Waals surface area contributed by atoms with Crippen molar-refractivity contribution in [2.75, 3.05) is 5.73 Å². The highest BCUT2D eigenvalue weighted by Crippen LogP contribution is 2.29. The smallest absolute Gasteiger partial charge is 0.227 e. The lowest BCUT2D eigenvalue weighted by molar-refractivity contribution is -0.131. The molecule has 1 aliphatic carbocycles. The van der Waals surface area contributed by atoms with Crippen LogP contribution in [0.5, 0.6) is 0 Å². The third-order valence-corrected chi connectivity index (χ3v) is 4.41. The molecular weight excluding hydrogens is 304 g/mol. The molecule has 0 radical (unpaired) electrons. The van der Waals surface area contributed by atoms with Crippen LogP contribution < -0.4 is 5.73 Å². The van der Waals surface area contributed by atoms with Crippen LogP contribution in [0.3, 0.4) is 0 Å². The lowest BCUT2D eigenvalue weighted by Crippen LogP contribution is -2.33. The standard InChI is InChI=1S/C16H18N2OS.ClH/c17-13-5-3-12(4-6-13)10-16(19)18(14-7-8-14)11-15-2-1-9-20-15;/h1-6,9,14H,7-8,10-11,17H2;1H. The van der Waals surface area contributed by atoms with E-state index in [4.69, 9.17) is 5.73 Å². The fourth-order valence-electron chi connectivity index (χ4n) is 2.29. The van der Waals surface area contributed by atoms with Crippen LogP contribution in [0.1, 0.15) is 23.3 Å². The molecule has 3 rings (SSSR count). The van der Waals surface area contributed by atoms with Crippen molar-refractivity contribution < 1.29 is 4.79 Å². The minimum absolute atomic E-state index is 0. The molecule has 0 bridgehead atoms. The van der Waals surface area contributed by atoms with Gasteiger partial charge in [-0.25, -0.2) is 0 Å². The number of rotatable bonds is 5. The first kappa shape index (κ1) is 15.9. The van der Waals surface area contributed by atoms with Gasteiger partial charge in [-0.3, -0.25) is 4.79 Å². The highest BCUT2D eigenvalue weighted by Gasteiger charge is 2.32. The monoisotopic (exact) mass is 322 g/mol. The van der Waals surface area contributed by atoms with Crippen molar-refractivity contribution >= 4 is 35.3 Å². The third kappa shape index (κ3) is 4.22. The van der Waals surface area contributed by atoms with Gasteiger partial charge in [0.1, 0.15) is 0 Å². The summed E-state index contributed by atoms with van der Waals surface area (Å²) in [5.41, 5.74) is 7.44. The number of benzene rings is 1. The molecule has 1 aliphatic rings. The summed E-state index contributed by atoms with van der Waals surface area (Å²) in [7, 11) is 0. The van der Waals surface area contributed by atoms with Crippen LogP contribution in [-0.4, -0.2) is 16.8 Å². The lowest BCUT2D eigenvalue weighted by atomic mass is 10.1. The Morgan fingerprint density at radius 1 is 1.24 bits per heavy atom. The molecule has 1 fully saturated rings. The quantitative estimate of drug-likeness (QED) is 0.857. The average molecular weight is 323 g/mol. The summed E-state index contributed by atoms with van der Waals surface area (Å²) in [6.45, 7) is 0.746. The van der Waals surface area contributed by atoms with Crippen LogP contribution in [0.25, 0.3) is 0 Å². The molecule has 1 heterocycles. The number of anilines is 1. The lowest BCUT2D eigenvalue weighted by Gasteiger charge is -2.22. The molecular formula is C16H19ClN2OS. The van der Waals surface area contributed by atoms with Gasteiger partial charge in [-0.1, -0.05) is 18.2 Å². The van der Waals surface area contributed by atoms with Gasteiger partial charge >= 0.3 is 0 Å². The van der Waals surface area contributed by atoms with E-state index in [2.05, 4.69) is 11.4 Å². The van der Waals surface area contributed by atoms with Gasteiger partial charge in [-0.05, 0) is 42.0 Å². The zero-order chi connectivity index (χ0) is 13.9. The molecule has 1 aromatic heterocycles. The van der Waals surface area contributed by atoms with Crippen molar-refractivity contribution in [3.63, 3.8) is 0 Å². The maximum atomic E-state index is 12.5. The van der Waals surface area contributed by atoms with E-state index >= 15 is 0 Å². The van der Waals surface area contributed by atoms with E-state index < -0.39 is 0 Å². The summed E-state index contributed by atoms with van der Waals surface area (Å²) >= 11 is 1.71. The number of hydrogen-bond donors (Lipinski definition) is 1. The van der Waals surface area contributed by atoms with Crippen LogP contribution in [0.2, 0.25) is 0 Å². The first-order valence-electron chi connectivity index (χ1n) is 6.88. The number of halogens is 1. The summed E-state index contributed by atoms with van der Waals surface area (Å²) in [5, 5.41) is 2.06. The molecule has 3 nitrogen and oxygen atoms in total. The largest absolute Gasteiger partial charge is 0.399 e. The maximum Gasteiger partial charge on any atom is 0.227 e. The Morgan fingerprint density at radius 2 is 1.95 bits per heavy atom. The van der Waals surface area contributed by atoms with E-state index in [0.717, 1.165) is 30.6 Å². The van der Waals surface area contributed by atoms with Crippen molar-refractivity contribution in [1.29, 1.82) is 0 Å². The Hall–Kier alpha value is -1.52. The molecule has 0 atom stereocenters. The number of thiophene rings is 1. The normalized spacial score (nSPS) is 13.5. The molecule has 5 heteroatoms. The molecule has 112 valence electrons. The van der Waals surface area contributed by atoms with Crippen LogP contribution in [0.15, 0.2) is 41.8 Å². The van der Waals surface area contributed by atoms with Crippen molar-refractivity contribution in [1.82, 2.24) is 4.90 Å². The summed E-state index contributed by atoms with van der Waals surface area (Å²) < 4.78 is 0. The number of hydrogen-bond acceptors (Lipinski definition) is 3. The molecule has 2 aromatic rings. The van der Waals surface area contributed by atoms with Gasteiger partial charge in [-0.2, -0.15) is 0 Å². The van der Waals surface area contributed by atoms with E-state index in [0.29, 0.717) is 12.5 Å². The average Bonchev–Trinajstić information content (AvgIpc) is 3.15. The Kier molecular flexibility index (Phi) is 5.26. The fraction of sp³-hybridized carbons (Fsp3) is 0.312. The van der Waals surface area contributed by atoms with Crippen molar-refractivity contribution in [2.45, 2.75) is 31.8 Å². The molecule has 0 unspecified atom stereocenters. The van der Waals surface area contributed by atoms with Gasteiger partial charge in [0.05, 0.1) is 13.0 Å². The minimum atomic E-state index is 0. The summed E-state index contributed by atoms with van der Waals surface area (Å²) in [4.78, 5) is 15.8. The molecule has 21 heavy (non-hydrogen) atoms. The molecule has 0 spiro atoms. The van der Waals surface area contributed by atoms with Crippen molar-refractivity contribution in [3.8, 4) is 0 Å². The van der Waals surface area contributed by atoms with Gasteiger partial charge < -0.3 is 10.6 Å². The Bertz CT molecular complexity index is 579. The fourth-order valence-corrected chi connectivity index (χ4v) is 2.99. The van der Waals surface area contributed by atoms with E-state index in [1.54, 1.807) is 11.3 Å². The highest BCUT2D eigenvalue weighted by atomic mass is 35.5. The Morgan fingerprint density at radius 3 is 2.52 bits per heavy atom. The van der Waals surface area contributed by atoms with Gasteiger partial charge in [-0.15, -0.1) is 23.7 Å². The second-order valence-electron chi connectivity index (χ2n) is 5.25. The maximum absolute atomic E-state index is 12.5. The third-order valence-electron chi connectivity index (χ3n) is 3.55. The first-order chi connectivity index (χ1) is 9.72. The van der Waals surface area contributed by atoms with E-state index in [1.807, 2.05) is 35.2 Å². The molecule has 1 saturated carbocycles. The summed E-state index contributed by atoms with van der Waals surface area (Å²) in [5.74, 6) is 0.214. The predicted octanol–water partition coefficient (Wildman–Crippen LogP) is 3.49. The van der Waals surface area contributed by atoms with Gasteiger partial charge in [0, 0.05) is 16.6 Å². The second kappa shape index (κ2) is 6.96. The zero-order valence-corrected chi connectivity index (χ0v) is 13.3. The molecule has 0 saturated heterocycles. The zero-order valence-electron chi connectivity index (χ0n) is 11.7. The topological polar surface area (TPSA) is 46.3 Å². The van der Waals surface area contributed by atoms with Crippen LogP contribution in [0.4, 0.5) is 5.69 Å². The Labute approximate surface area is 135 Å². The van der Waals surface area contributed by atoms with E-state index in [-0.39, 0.29) is 18.3 Å². The molecule has 1 amide bonds. The number of nitrogens with zero attached hydrogens (tertiary/aromatic N) is 1. The minimum Gasteiger partial charge on any atom is -0.399 e. The van der Waals surface area contributed by atoms with Gasteiger partial charge in [0.15, 0.2) is 0 Å². The summed E-state index contributed by atoms with van der Waals surface area (Å²) in [6.07, 6.45) is 2.74. The number of carbonyl (C=O) groups is 1. The Balaban J connectivity index is 0.00000161. The van der Waals surface area contributed by atoms with E-state index in [1.165, 1.54) is 4.88 Å². The summed E-state index contributed by atoms with van der Waals surface area (Å²) in [6, 6.07) is 12.1. The van der Waals surface area contributed by atoms with Gasteiger partial charge in [0.25, 0.3) is 0 Å². The highest BCUT2D eigenvalue weighted by molar-refractivity contribution is 7.09. The number of nitrogen functional groups attached to an aromatic ring is 1. The van der Waals surface area contributed by atoms with Gasteiger partial charge in [0.2, 0.25) is 5.91 Å². The predicted molar refractivity (Wildman–Crippen MR) is 89.7 cm³/mol. The van der Waals surface area contributed by atoms with Crippen LogP contribution >= 0.6 is 23.7 Å². The van der Waals surface area contributed by atoms with Crippen LogP contribution in [0, 0.1) is 0 Å². The van der Waals surface area contributed by atoms with E-state index in [9.17, 15) is 4.79 Å². The van der Waals surface area contributed by atoms with Crippen molar-refractivity contribution in [3.05, 3.63) is 52.2 Å². The molecule has 0 aliphatic heterocycles.